The van der Waals surface area contributed by atoms with Gasteiger partial charge in [0.15, 0.2) is 0 Å². The third-order valence-corrected chi connectivity index (χ3v) is 7.27. The van der Waals surface area contributed by atoms with Crippen LogP contribution in [0.4, 0.5) is 16.2 Å². The van der Waals surface area contributed by atoms with Crippen molar-refractivity contribution in [3.05, 3.63) is 88.3 Å². The first-order chi connectivity index (χ1) is 15.5. The maximum atomic E-state index is 13.4. The second-order valence-electron chi connectivity index (χ2n) is 7.09. The lowest BCUT2D eigenvalue weighted by molar-refractivity contribution is -0.127. The molecule has 5 rings (SSSR count). The number of amides is 3. The number of nitrogens with zero attached hydrogens (tertiary/aromatic N) is 2. The molecule has 158 valence electrons. The van der Waals surface area contributed by atoms with Crippen molar-refractivity contribution >= 4 is 69.6 Å². The van der Waals surface area contributed by atoms with E-state index in [1.807, 2.05) is 60.7 Å². The fraction of sp³-hybridized carbons (Fsp3) is 0.0417. The van der Waals surface area contributed by atoms with E-state index in [2.05, 4.69) is 0 Å². The zero-order chi connectivity index (χ0) is 22.2. The Bertz CT molecular complexity index is 1290. The highest BCUT2D eigenvalue weighted by molar-refractivity contribution is 8.18. The highest BCUT2D eigenvalue weighted by atomic mass is 35.5. The van der Waals surface area contributed by atoms with E-state index in [4.69, 9.17) is 11.6 Å². The van der Waals surface area contributed by atoms with Gasteiger partial charge in [0.05, 0.1) is 16.3 Å². The zero-order valence-electron chi connectivity index (χ0n) is 16.5. The number of carbonyl (C=O) groups is 3. The van der Waals surface area contributed by atoms with Crippen LogP contribution in [0.5, 0.6) is 0 Å². The Balaban J connectivity index is 1.46. The Hall–Kier alpha value is -3.00. The summed E-state index contributed by atoms with van der Waals surface area (Å²) < 4.78 is 0. The van der Waals surface area contributed by atoms with Crippen LogP contribution in [0.15, 0.2) is 87.5 Å². The molecule has 3 amide bonds. The van der Waals surface area contributed by atoms with Crippen LogP contribution in [0, 0.1) is 0 Å². The van der Waals surface area contributed by atoms with Gasteiger partial charge in [-0.2, -0.15) is 0 Å². The van der Waals surface area contributed by atoms with Crippen LogP contribution in [-0.2, 0) is 9.59 Å². The number of benzene rings is 3. The molecule has 0 atom stereocenters. The van der Waals surface area contributed by atoms with E-state index in [1.165, 1.54) is 4.90 Å². The molecule has 3 aromatic rings. The molecule has 0 N–H and O–H groups in total. The molecular formula is C24H15ClN2O3S2. The van der Waals surface area contributed by atoms with E-state index in [-0.39, 0.29) is 12.5 Å². The van der Waals surface area contributed by atoms with Gasteiger partial charge in [-0.15, -0.1) is 0 Å². The van der Waals surface area contributed by atoms with Crippen LogP contribution in [-0.4, -0.2) is 28.5 Å². The maximum Gasteiger partial charge on any atom is 0.294 e. The van der Waals surface area contributed by atoms with Gasteiger partial charge in [0.25, 0.3) is 17.1 Å². The average Bonchev–Trinajstić information content (AvgIpc) is 3.05. The summed E-state index contributed by atoms with van der Waals surface area (Å²) in [7, 11) is 0. The van der Waals surface area contributed by atoms with E-state index >= 15 is 0 Å². The molecule has 0 bridgehead atoms. The van der Waals surface area contributed by atoms with Gasteiger partial charge in [-0.05, 0) is 53.7 Å². The van der Waals surface area contributed by atoms with Gasteiger partial charge in [-0.1, -0.05) is 65.8 Å². The number of anilines is 2. The smallest absolute Gasteiger partial charge is 0.277 e. The summed E-state index contributed by atoms with van der Waals surface area (Å²) in [6.45, 7) is -0.359. The number of hydrogen-bond acceptors (Lipinski definition) is 5. The molecule has 0 aromatic heterocycles. The van der Waals surface area contributed by atoms with Crippen LogP contribution in [0.1, 0.15) is 5.56 Å². The minimum atomic E-state index is -0.469. The number of thioether (sulfide) groups is 1. The molecule has 1 saturated heterocycles. The second kappa shape index (κ2) is 8.50. The van der Waals surface area contributed by atoms with Gasteiger partial charge >= 0.3 is 0 Å². The molecular weight excluding hydrogens is 464 g/mol. The number of rotatable bonds is 3. The van der Waals surface area contributed by atoms with Crippen molar-refractivity contribution in [1.29, 1.82) is 0 Å². The highest BCUT2D eigenvalue weighted by Crippen LogP contribution is 2.49. The van der Waals surface area contributed by atoms with Gasteiger partial charge in [0.2, 0.25) is 0 Å². The number of carbonyl (C=O) groups excluding carboxylic acids is 3. The third-order valence-electron chi connectivity index (χ3n) is 5.00. The summed E-state index contributed by atoms with van der Waals surface area (Å²) in [5.41, 5.74) is 2.15. The summed E-state index contributed by atoms with van der Waals surface area (Å²) in [4.78, 5) is 43.5. The lowest BCUT2D eigenvalue weighted by atomic mass is 10.2. The molecule has 2 aliphatic heterocycles. The molecule has 0 unspecified atom stereocenters. The normalized spacial score (nSPS) is 16.3. The maximum absolute atomic E-state index is 13.4. The van der Waals surface area contributed by atoms with Crippen LogP contribution >= 0.6 is 35.1 Å². The predicted octanol–water partition coefficient (Wildman–Crippen LogP) is 6.21. The van der Waals surface area contributed by atoms with Crippen molar-refractivity contribution in [2.75, 3.05) is 11.4 Å². The van der Waals surface area contributed by atoms with Gasteiger partial charge in [-0.25, -0.2) is 0 Å². The average molecular weight is 479 g/mol. The monoisotopic (exact) mass is 478 g/mol. The second-order valence-corrected chi connectivity index (χ2v) is 9.60. The standard InChI is InChI=1S/C24H15ClN2O3S2/c25-16-10-11-20-18(13-16)27(17-8-4-5-9-19(17)31-20)22(28)14-26-23(29)21(32-24(26)30)12-15-6-2-1-3-7-15/h1-13H,14H2/b21-12+. The number of hydrogen-bond donors (Lipinski definition) is 0. The lowest BCUT2D eigenvalue weighted by Crippen LogP contribution is -2.41. The topological polar surface area (TPSA) is 57.7 Å². The molecule has 8 heteroatoms. The number of para-hydroxylation sites is 1. The SMILES string of the molecule is O=C1S/C(=C/c2ccccc2)C(=O)N1CC(=O)N1c2ccccc2Sc2ccc(Cl)cc21. The van der Waals surface area contributed by atoms with Crippen LogP contribution in [0.3, 0.4) is 0 Å². The minimum Gasteiger partial charge on any atom is -0.277 e. The van der Waals surface area contributed by atoms with Crippen molar-refractivity contribution in [2.45, 2.75) is 9.79 Å². The predicted molar refractivity (Wildman–Crippen MR) is 128 cm³/mol. The highest BCUT2D eigenvalue weighted by Gasteiger charge is 2.38. The quantitative estimate of drug-likeness (QED) is 0.419. The van der Waals surface area contributed by atoms with E-state index in [0.29, 0.717) is 21.3 Å². The molecule has 3 aromatic carbocycles. The van der Waals surface area contributed by atoms with E-state index in [9.17, 15) is 14.4 Å². The molecule has 1 fully saturated rings. The van der Waals surface area contributed by atoms with Crippen LogP contribution in [0.2, 0.25) is 5.02 Å². The molecule has 2 heterocycles. The molecule has 0 spiro atoms. The largest absolute Gasteiger partial charge is 0.294 e. The minimum absolute atomic E-state index is 0.298. The van der Waals surface area contributed by atoms with Crippen molar-refractivity contribution < 1.29 is 14.4 Å². The summed E-state index contributed by atoms with van der Waals surface area (Å²) in [5.74, 6) is -0.854. The van der Waals surface area contributed by atoms with Crippen molar-refractivity contribution in [2.24, 2.45) is 0 Å². The third kappa shape index (κ3) is 3.83. The summed E-state index contributed by atoms with van der Waals surface area (Å²) in [6, 6.07) is 22.2. The number of fused-ring (bicyclic) bond motifs is 2. The summed E-state index contributed by atoms with van der Waals surface area (Å²) >= 11 is 8.60. The van der Waals surface area contributed by atoms with Crippen molar-refractivity contribution in [3.63, 3.8) is 0 Å². The number of imide groups is 1. The van der Waals surface area contributed by atoms with Crippen molar-refractivity contribution in [3.8, 4) is 0 Å². The summed E-state index contributed by atoms with van der Waals surface area (Å²) in [5, 5.41) is 0.0370. The number of halogens is 1. The summed E-state index contributed by atoms with van der Waals surface area (Å²) in [6.07, 6.45) is 1.66. The molecule has 32 heavy (non-hydrogen) atoms. The lowest BCUT2D eigenvalue weighted by Gasteiger charge is -2.32. The van der Waals surface area contributed by atoms with Crippen LogP contribution < -0.4 is 4.90 Å². The van der Waals surface area contributed by atoms with Crippen molar-refractivity contribution in [1.82, 2.24) is 4.90 Å². The Labute approximate surface area is 198 Å². The van der Waals surface area contributed by atoms with E-state index < -0.39 is 11.1 Å². The first kappa shape index (κ1) is 20.9. The first-order valence-corrected chi connectivity index (χ1v) is 11.7. The van der Waals surface area contributed by atoms with Gasteiger partial charge in [0.1, 0.15) is 6.54 Å². The van der Waals surface area contributed by atoms with Crippen LogP contribution in [0.25, 0.3) is 6.08 Å². The first-order valence-electron chi connectivity index (χ1n) is 9.71. The zero-order valence-corrected chi connectivity index (χ0v) is 18.9. The molecule has 0 saturated carbocycles. The van der Waals surface area contributed by atoms with E-state index in [1.54, 1.807) is 30.0 Å². The van der Waals surface area contributed by atoms with E-state index in [0.717, 1.165) is 32.0 Å². The Morgan fingerprint density at radius 2 is 1.59 bits per heavy atom. The molecule has 0 radical (unpaired) electrons. The fourth-order valence-corrected chi connectivity index (χ4v) is 5.58. The van der Waals surface area contributed by atoms with Gasteiger partial charge < -0.3 is 0 Å². The Morgan fingerprint density at radius 3 is 2.41 bits per heavy atom. The Kier molecular flexibility index (Phi) is 5.55. The molecule has 0 aliphatic carbocycles. The Morgan fingerprint density at radius 1 is 0.875 bits per heavy atom. The fourth-order valence-electron chi connectivity index (χ4n) is 3.54. The molecule has 2 aliphatic rings. The van der Waals surface area contributed by atoms with Gasteiger partial charge in [-0.3, -0.25) is 24.2 Å². The van der Waals surface area contributed by atoms with Gasteiger partial charge in [0, 0.05) is 14.8 Å². The molecule has 5 nitrogen and oxygen atoms in total.